The molecule has 0 atom stereocenters. The molecule has 0 saturated carbocycles. The summed E-state index contributed by atoms with van der Waals surface area (Å²) in [7, 11) is 0. The minimum absolute atomic E-state index is 0.0770. The number of pyridine rings is 1. The molecule has 5 heteroatoms. The number of anilines is 1. The highest BCUT2D eigenvalue weighted by Crippen LogP contribution is 2.07. The summed E-state index contributed by atoms with van der Waals surface area (Å²) >= 11 is 0. The van der Waals surface area contributed by atoms with Crippen LogP contribution in [0.5, 0.6) is 0 Å². The average molecular weight is 208 g/mol. The van der Waals surface area contributed by atoms with E-state index in [2.05, 4.69) is 21.6 Å². The third-order valence-corrected chi connectivity index (χ3v) is 1.46. The lowest BCUT2D eigenvalue weighted by molar-refractivity contribution is -0.136. The van der Waals surface area contributed by atoms with E-state index in [1.54, 1.807) is 6.92 Å². The van der Waals surface area contributed by atoms with Crippen LogP contribution in [0.2, 0.25) is 0 Å². The van der Waals surface area contributed by atoms with Gasteiger partial charge < -0.3 is 10.5 Å². The van der Waals surface area contributed by atoms with Crippen molar-refractivity contribution in [3.8, 4) is 11.8 Å². The number of carbonyl (C=O) groups excluding carboxylic acids is 1. The zero-order chi connectivity index (χ0) is 11.3. The summed E-state index contributed by atoms with van der Waals surface area (Å²) in [5.74, 6) is 3.40. The number of ether oxygens (including phenoxy) is 1. The quantitative estimate of drug-likeness (QED) is 0.545. The van der Waals surface area contributed by atoms with E-state index in [4.69, 9.17) is 5.73 Å². The van der Waals surface area contributed by atoms with Gasteiger partial charge in [0.25, 0.3) is 0 Å². The molecule has 4 nitrogen and oxygen atoms in total. The molecule has 1 aromatic rings. The molecule has 0 radical (unpaired) electrons. The molecular formula is C10H9FN2O2. The lowest BCUT2D eigenvalue weighted by Crippen LogP contribution is -2.00. The number of halogens is 1. The van der Waals surface area contributed by atoms with Crippen molar-refractivity contribution in [1.29, 1.82) is 0 Å². The average Bonchev–Trinajstić information content (AvgIpc) is 2.20. The maximum absolute atomic E-state index is 12.7. The zero-order valence-corrected chi connectivity index (χ0v) is 8.08. The van der Waals surface area contributed by atoms with Crippen LogP contribution in [0.25, 0.3) is 0 Å². The molecule has 0 aromatic carbocycles. The first-order chi connectivity index (χ1) is 7.13. The van der Waals surface area contributed by atoms with Crippen LogP contribution in [0.4, 0.5) is 10.2 Å². The van der Waals surface area contributed by atoms with E-state index in [1.165, 1.54) is 0 Å². The first-order valence-electron chi connectivity index (χ1n) is 4.23. The van der Waals surface area contributed by atoms with E-state index in [9.17, 15) is 9.18 Å². The van der Waals surface area contributed by atoms with Crippen LogP contribution in [0.3, 0.4) is 0 Å². The summed E-state index contributed by atoms with van der Waals surface area (Å²) < 4.78 is 17.3. The molecule has 0 bridgehead atoms. The normalized spacial score (nSPS) is 8.93. The van der Waals surface area contributed by atoms with E-state index >= 15 is 0 Å². The van der Waals surface area contributed by atoms with Crippen LogP contribution < -0.4 is 5.73 Å². The molecule has 1 heterocycles. The Labute approximate surface area is 86.3 Å². The molecule has 0 aliphatic heterocycles. The van der Waals surface area contributed by atoms with Gasteiger partial charge in [-0.1, -0.05) is 5.92 Å². The summed E-state index contributed by atoms with van der Waals surface area (Å²) in [6.45, 7) is 1.90. The second kappa shape index (κ2) is 4.96. The predicted octanol–water partition coefficient (Wildman–Crippen LogP) is 0.718. The summed E-state index contributed by atoms with van der Waals surface area (Å²) in [6, 6.07) is 1.11. The summed E-state index contributed by atoms with van der Waals surface area (Å²) in [6.07, 6.45) is 0.977. The monoisotopic (exact) mass is 208 g/mol. The van der Waals surface area contributed by atoms with Gasteiger partial charge in [0.1, 0.15) is 11.6 Å². The van der Waals surface area contributed by atoms with Crippen LogP contribution in [0.1, 0.15) is 12.5 Å². The molecule has 0 aliphatic carbocycles. The Morgan fingerprint density at radius 1 is 1.73 bits per heavy atom. The van der Waals surface area contributed by atoms with Gasteiger partial charge in [-0.05, 0) is 13.0 Å². The van der Waals surface area contributed by atoms with E-state index < -0.39 is 11.8 Å². The van der Waals surface area contributed by atoms with Crippen LogP contribution in [-0.2, 0) is 9.53 Å². The smallest absolute Gasteiger partial charge is 0.384 e. The van der Waals surface area contributed by atoms with E-state index in [1.807, 2.05) is 0 Å². The fourth-order valence-electron chi connectivity index (χ4n) is 0.836. The number of esters is 1. The van der Waals surface area contributed by atoms with Crippen molar-refractivity contribution in [2.45, 2.75) is 6.92 Å². The van der Waals surface area contributed by atoms with Crippen molar-refractivity contribution in [3.63, 3.8) is 0 Å². The molecule has 2 N–H and O–H groups in total. The highest BCUT2D eigenvalue weighted by atomic mass is 19.1. The van der Waals surface area contributed by atoms with Crippen molar-refractivity contribution in [1.82, 2.24) is 4.98 Å². The Morgan fingerprint density at radius 2 is 2.47 bits per heavy atom. The molecule has 78 valence electrons. The predicted molar refractivity (Wildman–Crippen MR) is 52.1 cm³/mol. The zero-order valence-electron chi connectivity index (χ0n) is 8.08. The van der Waals surface area contributed by atoms with Gasteiger partial charge in [-0.15, -0.1) is 0 Å². The largest absolute Gasteiger partial charge is 0.456 e. The molecule has 0 amide bonds. The molecule has 0 spiro atoms. The Balaban J connectivity index is 2.88. The summed E-state index contributed by atoms with van der Waals surface area (Å²) in [5.41, 5.74) is 5.59. The maximum atomic E-state index is 12.7. The molecule has 1 aromatic heterocycles. The topological polar surface area (TPSA) is 65.2 Å². The van der Waals surface area contributed by atoms with Crippen LogP contribution in [0, 0.1) is 17.7 Å². The van der Waals surface area contributed by atoms with Gasteiger partial charge in [0.05, 0.1) is 18.4 Å². The first kappa shape index (κ1) is 11.0. The van der Waals surface area contributed by atoms with Gasteiger partial charge in [0.15, 0.2) is 0 Å². The third kappa shape index (κ3) is 3.27. The van der Waals surface area contributed by atoms with E-state index in [0.717, 1.165) is 12.3 Å². The highest BCUT2D eigenvalue weighted by Gasteiger charge is 2.00. The molecule has 0 aliphatic rings. The Morgan fingerprint density at radius 3 is 3.13 bits per heavy atom. The third-order valence-electron chi connectivity index (χ3n) is 1.46. The molecule has 0 unspecified atom stereocenters. The van der Waals surface area contributed by atoms with Crippen molar-refractivity contribution in [2.24, 2.45) is 0 Å². The number of aromatic nitrogens is 1. The lowest BCUT2D eigenvalue weighted by atomic mass is 10.2. The number of hydrogen-bond acceptors (Lipinski definition) is 4. The van der Waals surface area contributed by atoms with Crippen molar-refractivity contribution < 1.29 is 13.9 Å². The number of carbonyl (C=O) groups is 1. The fourth-order valence-corrected chi connectivity index (χ4v) is 0.836. The van der Waals surface area contributed by atoms with Crippen molar-refractivity contribution >= 4 is 11.8 Å². The van der Waals surface area contributed by atoms with Crippen LogP contribution in [-0.4, -0.2) is 17.6 Å². The maximum Gasteiger partial charge on any atom is 0.384 e. The fraction of sp³-hybridized carbons (Fsp3) is 0.200. The summed E-state index contributed by atoms with van der Waals surface area (Å²) in [4.78, 5) is 14.4. The molecule has 0 saturated heterocycles. The number of hydrogen-bond donors (Lipinski definition) is 1. The number of rotatable bonds is 1. The summed E-state index contributed by atoms with van der Waals surface area (Å²) in [5, 5.41) is 0. The Bertz CT molecular complexity index is 435. The van der Waals surface area contributed by atoms with Gasteiger partial charge in [0.2, 0.25) is 0 Å². The minimum Gasteiger partial charge on any atom is -0.456 e. The van der Waals surface area contributed by atoms with Gasteiger partial charge >= 0.3 is 5.97 Å². The van der Waals surface area contributed by atoms with Crippen LogP contribution in [0.15, 0.2) is 12.3 Å². The minimum atomic E-state index is -0.679. The molecule has 1 rings (SSSR count). The van der Waals surface area contributed by atoms with Gasteiger partial charge in [-0.25, -0.2) is 14.2 Å². The van der Waals surface area contributed by atoms with E-state index in [0.29, 0.717) is 0 Å². The standard InChI is InChI=1S/C10H9FN2O2/c1-2-15-9(14)4-3-7-5-8(11)6-13-10(7)12/h5-6H,2H2,1H3,(H2,12,13). The Hall–Kier alpha value is -2.09. The first-order valence-corrected chi connectivity index (χ1v) is 4.23. The van der Waals surface area contributed by atoms with E-state index in [-0.39, 0.29) is 18.0 Å². The number of nitrogens with two attached hydrogens (primary N) is 1. The number of nitrogens with zero attached hydrogens (tertiary/aromatic N) is 1. The van der Waals surface area contributed by atoms with Crippen LogP contribution >= 0.6 is 0 Å². The molecule has 15 heavy (non-hydrogen) atoms. The number of nitrogen functional groups attached to an aromatic ring is 1. The second-order valence-electron chi connectivity index (χ2n) is 2.56. The second-order valence-corrected chi connectivity index (χ2v) is 2.56. The van der Waals surface area contributed by atoms with Gasteiger partial charge in [0, 0.05) is 5.92 Å². The molecule has 0 fully saturated rings. The van der Waals surface area contributed by atoms with Crippen molar-refractivity contribution in [2.75, 3.05) is 12.3 Å². The molecular weight excluding hydrogens is 199 g/mol. The van der Waals surface area contributed by atoms with Gasteiger partial charge in [-0.2, -0.15) is 0 Å². The highest BCUT2D eigenvalue weighted by molar-refractivity contribution is 5.89. The van der Waals surface area contributed by atoms with Crippen molar-refractivity contribution in [3.05, 3.63) is 23.6 Å². The van der Waals surface area contributed by atoms with Gasteiger partial charge in [-0.3, -0.25) is 0 Å². The SMILES string of the molecule is CCOC(=O)C#Cc1cc(F)cnc1N. The Kier molecular flexibility index (Phi) is 3.63. The lowest BCUT2D eigenvalue weighted by Gasteiger charge is -1.96.